The largest absolute Gasteiger partial charge is 0.284 e. The zero-order valence-corrected chi connectivity index (χ0v) is 11.4. The predicted molar refractivity (Wildman–Crippen MR) is 78.1 cm³/mol. The van der Waals surface area contributed by atoms with Gasteiger partial charge in [0.05, 0.1) is 9.84 Å². The molecule has 1 aliphatic carbocycles. The lowest BCUT2D eigenvalue weighted by Gasteiger charge is -2.06. The fraction of sp³-hybridized carbons (Fsp3) is 0. The zero-order valence-electron chi connectivity index (χ0n) is 9.85. The molecule has 0 aromatic heterocycles. The summed E-state index contributed by atoms with van der Waals surface area (Å²) in [4.78, 5) is 15.9. The van der Waals surface area contributed by atoms with Gasteiger partial charge < -0.3 is 0 Å². The van der Waals surface area contributed by atoms with E-state index in [4.69, 9.17) is 0 Å². The summed E-state index contributed by atoms with van der Waals surface area (Å²) in [5.74, 6) is -0.217. The number of amides is 1. The van der Waals surface area contributed by atoms with Crippen LogP contribution in [0.25, 0.3) is 23.3 Å². The Morgan fingerprint density at radius 1 is 0.895 bits per heavy atom. The minimum atomic E-state index is -0.217. The average molecular weight is 310 g/mol. The molecule has 0 spiro atoms. The lowest BCUT2D eigenvalue weighted by atomic mass is 10.0. The summed E-state index contributed by atoms with van der Waals surface area (Å²) in [6.45, 7) is 0. The lowest BCUT2D eigenvalue weighted by molar-refractivity contribution is -0.113. The molecular formula is C16H8BrNO. The van der Waals surface area contributed by atoms with Gasteiger partial charge in [-0.3, -0.25) is 4.79 Å². The van der Waals surface area contributed by atoms with E-state index < -0.39 is 0 Å². The molecule has 0 bridgehead atoms. The van der Waals surface area contributed by atoms with E-state index in [0.717, 1.165) is 21.7 Å². The molecule has 1 heterocycles. The highest BCUT2D eigenvalue weighted by Crippen LogP contribution is 2.26. The van der Waals surface area contributed by atoms with E-state index >= 15 is 0 Å². The summed E-state index contributed by atoms with van der Waals surface area (Å²) in [7, 11) is 0. The fourth-order valence-electron chi connectivity index (χ4n) is 2.62. The van der Waals surface area contributed by atoms with Crippen LogP contribution in [0.1, 0.15) is 11.1 Å². The maximum atomic E-state index is 11.7. The molecule has 4 rings (SSSR count). The summed E-state index contributed by atoms with van der Waals surface area (Å²) in [5, 5.41) is 1.82. The second kappa shape index (κ2) is 3.75. The Kier molecular flexibility index (Phi) is 2.15. The van der Waals surface area contributed by atoms with Crippen LogP contribution in [0.2, 0.25) is 0 Å². The molecule has 3 heteroatoms. The van der Waals surface area contributed by atoms with E-state index in [9.17, 15) is 4.79 Å². The van der Waals surface area contributed by atoms with Crippen molar-refractivity contribution >= 4 is 34.0 Å². The molecule has 19 heavy (non-hydrogen) atoms. The van der Waals surface area contributed by atoms with Crippen molar-refractivity contribution in [3.63, 3.8) is 0 Å². The van der Waals surface area contributed by atoms with Gasteiger partial charge in [0.2, 0.25) is 0 Å². The third-order valence-corrected chi connectivity index (χ3v) is 4.07. The van der Waals surface area contributed by atoms with Crippen LogP contribution in [-0.4, -0.2) is 5.91 Å². The van der Waals surface area contributed by atoms with Gasteiger partial charge in [0.15, 0.2) is 0 Å². The summed E-state index contributed by atoms with van der Waals surface area (Å²) in [6.07, 6.45) is 3.94. The smallest absolute Gasteiger partial charge is 0.266 e. The Labute approximate surface area is 117 Å². The van der Waals surface area contributed by atoms with Crippen molar-refractivity contribution in [2.24, 2.45) is 4.99 Å². The number of carbonyl (C=O) groups excluding carboxylic acids is 1. The molecule has 0 saturated heterocycles. The van der Waals surface area contributed by atoms with E-state index in [0.29, 0.717) is 4.48 Å². The van der Waals surface area contributed by atoms with Crippen LogP contribution in [0.4, 0.5) is 0 Å². The van der Waals surface area contributed by atoms with Gasteiger partial charge in [0, 0.05) is 10.8 Å². The van der Waals surface area contributed by atoms with E-state index in [1.807, 2.05) is 24.3 Å². The molecule has 2 nitrogen and oxygen atoms in total. The summed E-state index contributed by atoms with van der Waals surface area (Å²) < 4.78 is 0.510. The van der Waals surface area contributed by atoms with Crippen LogP contribution in [0.15, 0.2) is 45.9 Å². The van der Waals surface area contributed by atoms with E-state index in [1.54, 1.807) is 0 Å². The standard InChI is InChI=1S/C16H8BrNO/c17-14-8-10-5-6-12-11-4-2-1-3-9(11)7-13(12)15(10)18-16(14)19/h1-8H. The first-order valence-electron chi connectivity index (χ1n) is 5.98. The van der Waals surface area contributed by atoms with Crippen molar-refractivity contribution in [2.75, 3.05) is 0 Å². The Balaban J connectivity index is 2.14. The van der Waals surface area contributed by atoms with Crippen LogP contribution < -0.4 is 10.6 Å². The lowest BCUT2D eigenvalue weighted by Crippen LogP contribution is -2.31. The van der Waals surface area contributed by atoms with Crippen molar-refractivity contribution in [1.29, 1.82) is 0 Å². The number of rotatable bonds is 0. The molecule has 1 amide bonds. The van der Waals surface area contributed by atoms with Crippen molar-refractivity contribution in [3.05, 3.63) is 62.6 Å². The highest BCUT2D eigenvalue weighted by Gasteiger charge is 2.17. The number of hydrogen-bond acceptors (Lipinski definition) is 1. The molecule has 0 saturated carbocycles. The van der Waals surface area contributed by atoms with Crippen molar-refractivity contribution in [3.8, 4) is 11.1 Å². The molecule has 90 valence electrons. The number of halogens is 1. The predicted octanol–water partition coefficient (Wildman–Crippen LogP) is 2.39. The Bertz CT molecular complexity index is 893. The van der Waals surface area contributed by atoms with Crippen LogP contribution in [0.3, 0.4) is 0 Å². The van der Waals surface area contributed by atoms with Crippen LogP contribution in [0.5, 0.6) is 0 Å². The van der Waals surface area contributed by atoms with E-state index in [2.05, 4.69) is 45.2 Å². The number of benzene rings is 2. The van der Waals surface area contributed by atoms with Gasteiger partial charge in [0.1, 0.15) is 0 Å². The molecule has 0 radical (unpaired) electrons. The number of hydrogen-bond donors (Lipinski definition) is 0. The number of carbonyl (C=O) groups is 1. The SMILES string of the molecule is O=C1N=c2c(ccc3c2=Cc2ccccc2-3)C=C1Br. The molecule has 1 aliphatic heterocycles. The summed E-state index contributed by atoms with van der Waals surface area (Å²) in [5.41, 5.74) is 4.52. The second-order valence-electron chi connectivity index (χ2n) is 4.61. The molecule has 0 fully saturated rings. The maximum Gasteiger partial charge on any atom is 0.284 e. The van der Waals surface area contributed by atoms with Crippen LogP contribution in [-0.2, 0) is 4.79 Å². The van der Waals surface area contributed by atoms with Gasteiger partial charge >= 0.3 is 0 Å². The van der Waals surface area contributed by atoms with E-state index in [1.165, 1.54) is 11.1 Å². The third-order valence-electron chi connectivity index (χ3n) is 3.50. The molecule has 2 aromatic rings. The molecule has 0 unspecified atom stereocenters. The van der Waals surface area contributed by atoms with Gasteiger partial charge in [-0.15, -0.1) is 0 Å². The van der Waals surface area contributed by atoms with Gasteiger partial charge in [-0.1, -0.05) is 36.4 Å². The summed E-state index contributed by atoms with van der Waals surface area (Å²) >= 11 is 3.24. The molecule has 2 aliphatic rings. The van der Waals surface area contributed by atoms with Crippen molar-refractivity contribution in [1.82, 2.24) is 0 Å². The van der Waals surface area contributed by atoms with Crippen molar-refractivity contribution in [2.45, 2.75) is 0 Å². The third kappa shape index (κ3) is 1.48. The van der Waals surface area contributed by atoms with Gasteiger partial charge in [-0.2, -0.15) is 0 Å². The molecule has 2 aromatic carbocycles. The fourth-order valence-corrected chi connectivity index (χ4v) is 2.96. The average Bonchev–Trinajstić information content (AvgIpc) is 2.79. The monoisotopic (exact) mass is 309 g/mol. The molecule has 0 atom stereocenters. The first kappa shape index (κ1) is 10.9. The molecular weight excluding hydrogens is 302 g/mol. The first-order chi connectivity index (χ1) is 9.24. The van der Waals surface area contributed by atoms with Crippen LogP contribution >= 0.6 is 15.9 Å². The minimum Gasteiger partial charge on any atom is -0.266 e. The normalized spacial score (nSPS) is 14.8. The minimum absolute atomic E-state index is 0.217. The molecule has 0 N–H and O–H groups in total. The highest BCUT2D eigenvalue weighted by molar-refractivity contribution is 9.12. The summed E-state index contributed by atoms with van der Waals surface area (Å²) in [6, 6.07) is 12.3. The number of fused-ring (bicyclic) bond motifs is 5. The Morgan fingerprint density at radius 3 is 2.63 bits per heavy atom. The topological polar surface area (TPSA) is 29.4 Å². The Morgan fingerprint density at radius 2 is 1.74 bits per heavy atom. The Hall–Kier alpha value is -2.00. The van der Waals surface area contributed by atoms with Crippen molar-refractivity contribution < 1.29 is 4.79 Å². The quantitative estimate of drug-likeness (QED) is 0.627. The first-order valence-corrected chi connectivity index (χ1v) is 6.78. The van der Waals surface area contributed by atoms with Gasteiger partial charge in [-0.25, -0.2) is 4.99 Å². The van der Waals surface area contributed by atoms with Gasteiger partial charge in [-0.05, 0) is 44.8 Å². The highest BCUT2D eigenvalue weighted by atomic mass is 79.9. The van der Waals surface area contributed by atoms with Crippen LogP contribution in [0, 0.1) is 0 Å². The number of nitrogens with zero attached hydrogens (tertiary/aromatic N) is 1. The van der Waals surface area contributed by atoms with Gasteiger partial charge in [0.25, 0.3) is 5.91 Å². The zero-order chi connectivity index (χ0) is 13.0. The second-order valence-corrected chi connectivity index (χ2v) is 5.46. The maximum absolute atomic E-state index is 11.7. The van der Waals surface area contributed by atoms with E-state index in [-0.39, 0.29) is 5.91 Å².